The molecule has 1 heterocycles. The van der Waals surface area contributed by atoms with Crippen LogP contribution in [0, 0.1) is 0 Å². The number of pyridine rings is 1. The zero-order valence-corrected chi connectivity index (χ0v) is 6.49. The van der Waals surface area contributed by atoms with Gasteiger partial charge >= 0.3 is 0 Å². The normalized spacial score (nSPS) is 10.3. The van der Waals surface area contributed by atoms with Gasteiger partial charge in [-0.25, -0.2) is 0 Å². The molecule has 0 atom stereocenters. The maximum atomic E-state index is 4.12. The van der Waals surface area contributed by atoms with Gasteiger partial charge in [-0.3, -0.25) is 9.98 Å². The summed E-state index contributed by atoms with van der Waals surface area (Å²) in [4.78, 5) is 8.00. The summed E-state index contributed by atoms with van der Waals surface area (Å²) in [5, 5.41) is 0. The second-order valence-corrected chi connectivity index (χ2v) is 2.07. The van der Waals surface area contributed by atoms with Gasteiger partial charge in [0.05, 0.1) is 5.69 Å². The first-order valence-corrected chi connectivity index (χ1v) is 3.38. The van der Waals surface area contributed by atoms with E-state index < -0.39 is 0 Å². The Bertz CT molecular complexity index is 277. The molecule has 1 rings (SSSR count). The summed E-state index contributed by atoms with van der Waals surface area (Å²) >= 11 is 0. The van der Waals surface area contributed by atoms with Crippen LogP contribution in [-0.2, 0) is 0 Å². The zero-order chi connectivity index (χ0) is 8.10. The van der Waals surface area contributed by atoms with Crippen LogP contribution in [0.3, 0.4) is 0 Å². The summed E-state index contributed by atoms with van der Waals surface area (Å²) in [6.45, 7) is 3.67. The van der Waals surface area contributed by atoms with Crippen LogP contribution in [0.15, 0.2) is 29.9 Å². The second kappa shape index (κ2) is 3.66. The van der Waals surface area contributed by atoms with E-state index in [0.29, 0.717) is 0 Å². The van der Waals surface area contributed by atoms with E-state index in [1.54, 1.807) is 25.5 Å². The first kappa shape index (κ1) is 7.66. The van der Waals surface area contributed by atoms with Crippen molar-refractivity contribution in [1.29, 1.82) is 0 Å². The molecular formula is C9H10N2. The third-order valence-electron chi connectivity index (χ3n) is 1.34. The van der Waals surface area contributed by atoms with Gasteiger partial charge in [-0.15, -0.1) is 0 Å². The molecule has 0 aliphatic heterocycles. The molecule has 0 aromatic carbocycles. The van der Waals surface area contributed by atoms with Gasteiger partial charge in [0.25, 0.3) is 0 Å². The van der Waals surface area contributed by atoms with E-state index in [0.717, 1.165) is 11.3 Å². The second-order valence-electron chi connectivity index (χ2n) is 2.07. The van der Waals surface area contributed by atoms with Gasteiger partial charge in [0, 0.05) is 25.0 Å². The van der Waals surface area contributed by atoms with Crippen LogP contribution in [0.5, 0.6) is 0 Å². The van der Waals surface area contributed by atoms with E-state index in [1.165, 1.54) is 0 Å². The number of hydrogen-bond acceptors (Lipinski definition) is 2. The minimum absolute atomic E-state index is 0.866. The van der Waals surface area contributed by atoms with E-state index in [1.807, 2.05) is 12.1 Å². The lowest BCUT2D eigenvalue weighted by atomic mass is 10.2. The third-order valence-corrected chi connectivity index (χ3v) is 1.34. The number of hydrogen-bond donors (Lipinski definition) is 0. The molecule has 1 aromatic rings. The average Bonchev–Trinajstić information content (AvgIpc) is 2.06. The van der Waals surface area contributed by atoms with Crippen LogP contribution in [-0.4, -0.2) is 18.2 Å². The van der Waals surface area contributed by atoms with Gasteiger partial charge in [-0.2, -0.15) is 0 Å². The van der Waals surface area contributed by atoms with Crippen LogP contribution >= 0.6 is 0 Å². The van der Waals surface area contributed by atoms with E-state index in [4.69, 9.17) is 0 Å². The summed E-state index contributed by atoms with van der Waals surface area (Å²) in [6.07, 6.45) is 5.23. The molecule has 56 valence electrons. The predicted octanol–water partition coefficient (Wildman–Crippen LogP) is 1.77. The Hall–Kier alpha value is -1.44. The predicted molar refractivity (Wildman–Crippen MR) is 47.8 cm³/mol. The average molecular weight is 146 g/mol. The van der Waals surface area contributed by atoms with Gasteiger partial charge < -0.3 is 0 Å². The molecule has 11 heavy (non-hydrogen) atoms. The van der Waals surface area contributed by atoms with Crippen LogP contribution < -0.4 is 0 Å². The summed E-state index contributed by atoms with van der Waals surface area (Å²) < 4.78 is 0. The van der Waals surface area contributed by atoms with Crippen molar-refractivity contribution < 1.29 is 0 Å². The molecule has 0 N–H and O–H groups in total. The van der Waals surface area contributed by atoms with Crippen molar-refractivity contribution >= 4 is 12.3 Å². The van der Waals surface area contributed by atoms with Crippen LogP contribution in [0.4, 0.5) is 0 Å². The lowest BCUT2D eigenvalue weighted by Gasteiger charge is -1.95. The van der Waals surface area contributed by atoms with Crippen molar-refractivity contribution in [3.05, 3.63) is 36.2 Å². The molecule has 0 aliphatic carbocycles. The number of rotatable bonds is 2. The quantitative estimate of drug-likeness (QED) is 0.584. The zero-order valence-electron chi connectivity index (χ0n) is 6.49. The fourth-order valence-electron chi connectivity index (χ4n) is 0.833. The summed E-state index contributed by atoms with van der Waals surface area (Å²) in [5.41, 5.74) is 1.88. The first-order chi connectivity index (χ1) is 5.38. The number of nitrogens with zero attached hydrogens (tertiary/aromatic N) is 2. The highest BCUT2D eigenvalue weighted by Gasteiger charge is 1.93. The van der Waals surface area contributed by atoms with Crippen molar-refractivity contribution in [3.8, 4) is 0 Å². The minimum atomic E-state index is 0.866. The lowest BCUT2D eigenvalue weighted by Crippen LogP contribution is -1.89. The Morgan fingerprint density at radius 2 is 2.45 bits per heavy atom. The fourth-order valence-corrected chi connectivity index (χ4v) is 0.833. The Kier molecular flexibility index (Phi) is 2.55. The van der Waals surface area contributed by atoms with Crippen LogP contribution in [0.25, 0.3) is 6.08 Å². The fraction of sp³-hybridized carbons (Fsp3) is 0.111. The van der Waals surface area contributed by atoms with E-state index >= 15 is 0 Å². The highest BCUT2D eigenvalue weighted by molar-refractivity contribution is 5.82. The molecule has 2 heteroatoms. The molecule has 0 bridgehead atoms. The van der Waals surface area contributed by atoms with Crippen LogP contribution in [0.2, 0.25) is 0 Å². The Morgan fingerprint density at radius 3 is 3.09 bits per heavy atom. The molecule has 0 saturated carbocycles. The molecule has 0 aliphatic rings. The van der Waals surface area contributed by atoms with Crippen molar-refractivity contribution in [2.75, 3.05) is 7.05 Å². The maximum Gasteiger partial charge on any atom is 0.0879 e. The van der Waals surface area contributed by atoms with Gasteiger partial charge in [0.15, 0.2) is 0 Å². The molecule has 1 aromatic heterocycles. The SMILES string of the molecule is C=Cc1cccnc1C=NC. The van der Waals surface area contributed by atoms with Crippen molar-refractivity contribution in [3.63, 3.8) is 0 Å². The Labute approximate surface area is 66.3 Å². The Balaban J connectivity index is 3.11. The highest BCUT2D eigenvalue weighted by Crippen LogP contribution is 2.03. The smallest absolute Gasteiger partial charge is 0.0879 e. The molecule has 0 fully saturated rings. The molecule has 0 spiro atoms. The van der Waals surface area contributed by atoms with Gasteiger partial charge in [0.2, 0.25) is 0 Å². The molecule has 2 nitrogen and oxygen atoms in total. The maximum absolute atomic E-state index is 4.12. The largest absolute Gasteiger partial charge is 0.294 e. The van der Waals surface area contributed by atoms with Gasteiger partial charge in [-0.1, -0.05) is 18.7 Å². The molecular weight excluding hydrogens is 136 g/mol. The lowest BCUT2D eigenvalue weighted by molar-refractivity contribution is 1.28. The standard InChI is InChI=1S/C9H10N2/c1-3-8-5-4-6-11-9(8)7-10-2/h3-7H,1H2,2H3. The summed E-state index contributed by atoms with van der Waals surface area (Å²) in [6, 6.07) is 3.83. The van der Waals surface area contributed by atoms with Crippen molar-refractivity contribution in [1.82, 2.24) is 4.98 Å². The molecule has 0 radical (unpaired) electrons. The summed E-state index contributed by atoms with van der Waals surface area (Å²) in [7, 11) is 1.72. The summed E-state index contributed by atoms with van der Waals surface area (Å²) in [5.74, 6) is 0. The van der Waals surface area contributed by atoms with E-state index in [9.17, 15) is 0 Å². The van der Waals surface area contributed by atoms with Crippen molar-refractivity contribution in [2.24, 2.45) is 4.99 Å². The molecule has 0 amide bonds. The Morgan fingerprint density at radius 1 is 1.64 bits per heavy atom. The van der Waals surface area contributed by atoms with Gasteiger partial charge in [0.1, 0.15) is 0 Å². The number of aromatic nitrogens is 1. The monoisotopic (exact) mass is 146 g/mol. The number of aliphatic imine (C=N–C) groups is 1. The molecule has 0 unspecified atom stereocenters. The minimum Gasteiger partial charge on any atom is -0.294 e. The molecule has 0 saturated heterocycles. The first-order valence-electron chi connectivity index (χ1n) is 3.38. The third kappa shape index (κ3) is 1.74. The van der Waals surface area contributed by atoms with Gasteiger partial charge in [-0.05, 0) is 6.07 Å². The van der Waals surface area contributed by atoms with E-state index in [2.05, 4.69) is 16.6 Å². The topological polar surface area (TPSA) is 25.2 Å². The van der Waals surface area contributed by atoms with E-state index in [-0.39, 0.29) is 0 Å². The van der Waals surface area contributed by atoms with Crippen LogP contribution in [0.1, 0.15) is 11.3 Å². The van der Waals surface area contributed by atoms with Crippen molar-refractivity contribution in [2.45, 2.75) is 0 Å². The highest BCUT2D eigenvalue weighted by atomic mass is 14.7.